The summed E-state index contributed by atoms with van der Waals surface area (Å²) >= 11 is 3.36. The van der Waals surface area contributed by atoms with Crippen LogP contribution in [-0.4, -0.2) is 16.2 Å². The molecular weight excluding hydrogens is 254 g/mol. The molecule has 0 aromatic carbocycles. The molecule has 1 atom stereocenters. The predicted molar refractivity (Wildman–Crippen MR) is 63.6 cm³/mol. The van der Waals surface area contributed by atoms with Crippen LogP contribution in [0.15, 0.2) is 34.5 Å². The van der Waals surface area contributed by atoms with E-state index in [1.807, 2.05) is 24.4 Å². The fraction of sp³-hybridized carbons (Fsp3) is 0.417. The molecule has 2 nitrogen and oxygen atoms in total. The third kappa shape index (κ3) is 3.14. The van der Waals surface area contributed by atoms with Crippen molar-refractivity contribution in [3.05, 3.63) is 40.1 Å². The summed E-state index contributed by atoms with van der Waals surface area (Å²) in [5.74, 6) is 0. The number of hydrogen-bond donors (Lipinski definition) is 1. The molecule has 2 rings (SSSR count). The van der Waals surface area contributed by atoms with E-state index in [2.05, 4.69) is 20.9 Å². The largest absolute Gasteiger partial charge is 0.389 e. The van der Waals surface area contributed by atoms with Crippen molar-refractivity contribution in [2.75, 3.05) is 0 Å². The summed E-state index contributed by atoms with van der Waals surface area (Å²) in [5, 5.41) is 9.50. The Hall–Kier alpha value is -0.670. The Balaban J connectivity index is 2.05. The number of aliphatic hydroxyl groups is 1. The Labute approximate surface area is 98.2 Å². The molecular formula is C12H14BrNO. The summed E-state index contributed by atoms with van der Waals surface area (Å²) in [6.45, 7) is 0. The van der Waals surface area contributed by atoms with Crippen molar-refractivity contribution in [2.45, 2.75) is 31.8 Å². The Kier molecular flexibility index (Phi) is 3.54. The van der Waals surface area contributed by atoms with Crippen LogP contribution >= 0.6 is 15.9 Å². The first-order valence-corrected chi connectivity index (χ1v) is 6.01. The first-order chi connectivity index (χ1) is 7.24. The molecule has 80 valence electrons. The second-order valence-electron chi connectivity index (χ2n) is 3.93. The number of aliphatic hydroxyl groups excluding tert-OH is 1. The lowest BCUT2D eigenvalue weighted by Crippen LogP contribution is -2.10. The van der Waals surface area contributed by atoms with Crippen molar-refractivity contribution in [1.82, 2.24) is 4.98 Å². The minimum Gasteiger partial charge on any atom is -0.389 e. The highest BCUT2D eigenvalue weighted by molar-refractivity contribution is 9.10. The number of pyridine rings is 1. The minimum atomic E-state index is -0.246. The lowest BCUT2D eigenvalue weighted by molar-refractivity contribution is 0.202. The number of aromatic nitrogens is 1. The monoisotopic (exact) mass is 267 g/mol. The van der Waals surface area contributed by atoms with Crippen molar-refractivity contribution in [2.24, 2.45) is 0 Å². The van der Waals surface area contributed by atoms with Crippen LogP contribution in [0.1, 0.15) is 25.0 Å². The molecule has 3 heteroatoms. The molecule has 0 spiro atoms. The van der Waals surface area contributed by atoms with Crippen LogP contribution < -0.4 is 0 Å². The molecule has 1 aliphatic carbocycles. The third-order valence-electron chi connectivity index (χ3n) is 2.62. The van der Waals surface area contributed by atoms with Gasteiger partial charge in [-0.2, -0.15) is 0 Å². The molecule has 1 unspecified atom stereocenters. The SMILES string of the molecule is OC1C=C(Cc2ccc(Br)cn2)CCC1. The maximum atomic E-state index is 9.50. The molecule has 15 heavy (non-hydrogen) atoms. The van der Waals surface area contributed by atoms with Gasteiger partial charge in [0.25, 0.3) is 0 Å². The Morgan fingerprint density at radius 1 is 1.47 bits per heavy atom. The molecule has 0 bridgehead atoms. The molecule has 1 aliphatic rings. The van der Waals surface area contributed by atoms with Crippen LogP contribution in [0.4, 0.5) is 0 Å². The van der Waals surface area contributed by atoms with Gasteiger partial charge in [0.1, 0.15) is 0 Å². The standard InChI is InChI=1S/C12H14BrNO/c13-10-4-5-11(14-8-10)6-9-2-1-3-12(15)7-9/h4-5,7-8,12,15H,1-3,6H2. The minimum absolute atomic E-state index is 0.246. The lowest BCUT2D eigenvalue weighted by atomic mass is 9.94. The van der Waals surface area contributed by atoms with E-state index in [0.717, 1.165) is 35.8 Å². The number of halogens is 1. The zero-order chi connectivity index (χ0) is 10.7. The van der Waals surface area contributed by atoms with Crippen LogP contribution in [0.25, 0.3) is 0 Å². The Bertz CT molecular complexity index is 358. The normalized spacial score (nSPS) is 21.2. The zero-order valence-corrected chi connectivity index (χ0v) is 10.1. The van der Waals surface area contributed by atoms with E-state index < -0.39 is 0 Å². The first kappa shape index (κ1) is 10.8. The number of rotatable bonds is 2. The lowest BCUT2D eigenvalue weighted by Gasteiger charge is -2.16. The molecule has 0 radical (unpaired) electrons. The van der Waals surface area contributed by atoms with Gasteiger partial charge in [-0.3, -0.25) is 4.98 Å². The molecule has 1 aromatic heterocycles. The second kappa shape index (κ2) is 4.90. The van der Waals surface area contributed by atoms with E-state index in [1.165, 1.54) is 5.57 Å². The van der Waals surface area contributed by atoms with Gasteiger partial charge < -0.3 is 5.11 Å². The summed E-state index contributed by atoms with van der Waals surface area (Å²) < 4.78 is 1.00. The maximum Gasteiger partial charge on any atom is 0.0723 e. The van der Waals surface area contributed by atoms with E-state index in [-0.39, 0.29) is 6.10 Å². The summed E-state index contributed by atoms with van der Waals surface area (Å²) in [6.07, 6.45) is 7.49. The zero-order valence-electron chi connectivity index (χ0n) is 8.49. The second-order valence-corrected chi connectivity index (χ2v) is 4.84. The fourth-order valence-corrected chi connectivity index (χ4v) is 2.10. The van der Waals surface area contributed by atoms with Gasteiger partial charge in [0.2, 0.25) is 0 Å². The average Bonchev–Trinajstić information content (AvgIpc) is 2.22. The molecule has 0 aliphatic heterocycles. The van der Waals surface area contributed by atoms with E-state index in [4.69, 9.17) is 0 Å². The number of hydrogen-bond acceptors (Lipinski definition) is 2. The molecule has 0 amide bonds. The van der Waals surface area contributed by atoms with E-state index in [0.29, 0.717) is 0 Å². The van der Waals surface area contributed by atoms with Crippen molar-refractivity contribution < 1.29 is 5.11 Å². The Morgan fingerprint density at radius 2 is 2.33 bits per heavy atom. The molecule has 1 heterocycles. The topological polar surface area (TPSA) is 33.1 Å². The van der Waals surface area contributed by atoms with Gasteiger partial charge in [0.15, 0.2) is 0 Å². The summed E-state index contributed by atoms with van der Waals surface area (Å²) in [6, 6.07) is 4.02. The van der Waals surface area contributed by atoms with Crippen LogP contribution in [0.5, 0.6) is 0 Å². The van der Waals surface area contributed by atoms with Gasteiger partial charge in [-0.05, 0) is 47.3 Å². The van der Waals surface area contributed by atoms with Gasteiger partial charge in [0, 0.05) is 22.8 Å². The highest BCUT2D eigenvalue weighted by Gasteiger charge is 2.11. The summed E-state index contributed by atoms with van der Waals surface area (Å²) in [4.78, 5) is 4.33. The van der Waals surface area contributed by atoms with Gasteiger partial charge in [-0.15, -0.1) is 0 Å². The molecule has 1 N–H and O–H groups in total. The highest BCUT2D eigenvalue weighted by Crippen LogP contribution is 2.21. The van der Waals surface area contributed by atoms with Crippen molar-refractivity contribution in [3.63, 3.8) is 0 Å². The summed E-state index contributed by atoms with van der Waals surface area (Å²) in [7, 11) is 0. The quantitative estimate of drug-likeness (QED) is 0.837. The maximum absolute atomic E-state index is 9.50. The van der Waals surface area contributed by atoms with Gasteiger partial charge in [0.05, 0.1) is 6.10 Å². The first-order valence-electron chi connectivity index (χ1n) is 5.22. The van der Waals surface area contributed by atoms with Gasteiger partial charge in [-0.1, -0.05) is 11.6 Å². The molecule has 0 saturated carbocycles. The number of nitrogens with zero attached hydrogens (tertiary/aromatic N) is 1. The summed E-state index contributed by atoms with van der Waals surface area (Å²) in [5.41, 5.74) is 2.38. The smallest absolute Gasteiger partial charge is 0.0723 e. The van der Waals surface area contributed by atoms with Crippen molar-refractivity contribution in [3.8, 4) is 0 Å². The van der Waals surface area contributed by atoms with E-state index in [9.17, 15) is 5.11 Å². The molecule has 0 saturated heterocycles. The van der Waals surface area contributed by atoms with Crippen LogP contribution in [0.2, 0.25) is 0 Å². The van der Waals surface area contributed by atoms with Crippen molar-refractivity contribution >= 4 is 15.9 Å². The third-order valence-corrected chi connectivity index (χ3v) is 3.09. The van der Waals surface area contributed by atoms with Gasteiger partial charge >= 0.3 is 0 Å². The van der Waals surface area contributed by atoms with E-state index in [1.54, 1.807) is 0 Å². The van der Waals surface area contributed by atoms with E-state index >= 15 is 0 Å². The predicted octanol–water partition coefficient (Wildman–Crippen LogP) is 2.86. The number of allylic oxidation sites excluding steroid dienone is 1. The van der Waals surface area contributed by atoms with Crippen LogP contribution in [-0.2, 0) is 6.42 Å². The molecule has 0 fully saturated rings. The average molecular weight is 268 g/mol. The van der Waals surface area contributed by atoms with Crippen LogP contribution in [0, 0.1) is 0 Å². The molecule has 1 aromatic rings. The fourth-order valence-electron chi connectivity index (χ4n) is 1.87. The van der Waals surface area contributed by atoms with Gasteiger partial charge in [-0.25, -0.2) is 0 Å². The highest BCUT2D eigenvalue weighted by atomic mass is 79.9. The van der Waals surface area contributed by atoms with Crippen molar-refractivity contribution in [1.29, 1.82) is 0 Å². The van der Waals surface area contributed by atoms with Crippen LogP contribution in [0.3, 0.4) is 0 Å². The Morgan fingerprint density at radius 3 is 3.00 bits per heavy atom.